The molecule has 0 bridgehead atoms. The average Bonchev–Trinajstić information content (AvgIpc) is 3.00. The molecule has 2 aliphatic rings. The Bertz CT molecular complexity index is 945. The summed E-state index contributed by atoms with van der Waals surface area (Å²) in [5, 5.41) is 3.47. The van der Waals surface area contributed by atoms with Crippen molar-refractivity contribution in [1.29, 1.82) is 0 Å². The van der Waals surface area contributed by atoms with Crippen molar-refractivity contribution in [3.05, 3.63) is 35.0 Å². The number of aromatic amines is 1. The van der Waals surface area contributed by atoms with Crippen molar-refractivity contribution in [2.45, 2.75) is 19.3 Å². The molecule has 152 valence electrons. The van der Waals surface area contributed by atoms with Crippen LogP contribution in [0.4, 0.5) is 4.39 Å². The Balaban J connectivity index is 1.48. The van der Waals surface area contributed by atoms with E-state index in [0.29, 0.717) is 36.2 Å². The number of imidazole rings is 1. The van der Waals surface area contributed by atoms with Crippen LogP contribution in [0.15, 0.2) is 18.3 Å². The van der Waals surface area contributed by atoms with E-state index in [1.165, 1.54) is 6.07 Å². The Morgan fingerprint density at radius 2 is 2.14 bits per heavy atom. The van der Waals surface area contributed by atoms with Crippen LogP contribution in [0, 0.1) is 17.7 Å². The highest BCUT2D eigenvalue weighted by molar-refractivity contribution is 7.89. The topological polar surface area (TPSA) is 91.0 Å². The number of halogens is 2. The smallest absolute Gasteiger partial charge is 0.214 e. The molecular weight excluding hydrogens is 405 g/mol. The molecule has 7 nitrogen and oxygen atoms in total. The average molecular weight is 428 g/mol. The van der Waals surface area contributed by atoms with Crippen LogP contribution in [-0.2, 0) is 10.0 Å². The minimum Gasteiger partial charge on any atom is -0.339 e. The minimum absolute atomic E-state index is 0.0750. The molecule has 0 spiro atoms. The molecule has 2 aromatic rings. The maximum absolute atomic E-state index is 13.1. The maximum atomic E-state index is 13.1. The highest BCUT2D eigenvalue weighted by Gasteiger charge is 2.37. The van der Waals surface area contributed by atoms with Crippen LogP contribution in [0.1, 0.15) is 25.0 Å². The van der Waals surface area contributed by atoms with Crippen LogP contribution in [0.3, 0.4) is 0 Å². The standard InChI is InChI=1S/C18H23ClFN5O2S/c1-11-9-25(28(26,27)10-12-6-21-7-12)5-4-14(11)16-17(19)24-18(23-16)15-3-2-13(20)8-22-15/h2-3,8,11-12,14,21H,4-7,9-10H2,1H3,(H,23,24)/t11-,14+/m1/s1. The predicted molar refractivity (Wildman–Crippen MR) is 105 cm³/mol. The molecule has 2 aliphatic heterocycles. The molecule has 0 aliphatic carbocycles. The number of nitrogens with zero attached hydrogens (tertiary/aromatic N) is 3. The Morgan fingerprint density at radius 3 is 2.75 bits per heavy atom. The van der Waals surface area contributed by atoms with Gasteiger partial charge in [0.15, 0.2) is 11.0 Å². The maximum Gasteiger partial charge on any atom is 0.214 e. The van der Waals surface area contributed by atoms with E-state index in [1.807, 2.05) is 6.92 Å². The fourth-order valence-corrected chi connectivity index (χ4v) is 6.07. The van der Waals surface area contributed by atoms with Gasteiger partial charge in [0.05, 0.1) is 17.6 Å². The first-order chi connectivity index (χ1) is 13.3. The number of aromatic nitrogens is 3. The molecule has 10 heteroatoms. The van der Waals surface area contributed by atoms with E-state index in [-0.39, 0.29) is 23.5 Å². The van der Waals surface area contributed by atoms with E-state index in [4.69, 9.17) is 11.6 Å². The van der Waals surface area contributed by atoms with Crippen LogP contribution < -0.4 is 5.32 Å². The molecule has 0 radical (unpaired) electrons. The summed E-state index contributed by atoms with van der Waals surface area (Å²) in [6.45, 7) is 4.51. The van der Waals surface area contributed by atoms with E-state index >= 15 is 0 Å². The third-order valence-corrected chi connectivity index (χ3v) is 7.90. The first-order valence-electron chi connectivity index (χ1n) is 9.39. The Labute approximate surface area is 168 Å². The van der Waals surface area contributed by atoms with E-state index in [9.17, 15) is 12.8 Å². The van der Waals surface area contributed by atoms with Crippen molar-refractivity contribution in [2.75, 3.05) is 31.9 Å². The fraction of sp³-hybridized carbons (Fsp3) is 0.556. The van der Waals surface area contributed by atoms with Crippen molar-refractivity contribution in [3.8, 4) is 11.5 Å². The lowest BCUT2D eigenvalue weighted by Gasteiger charge is -2.37. The molecular formula is C18H23ClFN5O2S. The van der Waals surface area contributed by atoms with Gasteiger partial charge in [0.25, 0.3) is 0 Å². The molecule has 0 saturated carbocycles. The van der Waals surface area contributed by atoms with E-state index in [0.717, 1.165) is 25.0 Å². The Hall–Kier alpha value is -1.55. The normalized spacial score (nSPS) is 24.2. The molecule has 2 N–H and O–H groups in total. The number of hydrogen-bond acceptors (Lipinski definition) is 5. The number of hydrogen-bond donors (Lipinski definition) is 2. The summed E-state index contributed by atoms with van der Waals surface area (Å²) in [4.78, 5) is 11.6. The summed E-state index contributed by atoms with van der Waals surface area (Å²) in [6.07, 6.45) is 1.80. The lowest BCUT2D eigenvalue weighted by Crippen LogP contribution is -2.50. The van der Waals surface area contributed by atoms with Gasteiger partial charge in [-0.2, -0.15) is 0 Å². The Morgan fingerprint density at radius 1 is 1.36 bits per heavy atom. The summed E-state index contributed by atoms with van der Waals surface area (Å²) < 4.78 is 40.0. The third kappa shape index (κ3) is 3.94. The van der Waals surface area contributed by atoms with Gasteiger partial charge in [0.2, 0.25) is 10.0 Å². The van der Waals surface area contributed by atoms with Gasteiger partial charge in [-0.15, -0.1) is 0 Å². The van der Waals surface area contributed by atoms with Crippen molar-refractivity contribution < 1.29 is 12.8 Å². The molecule has 2 aromatic heterocycles. The third-order valence-electron chi connectivity index (χ3n) is 5.60. The van der Waals surface area contributed by atoms with E-state index in [1.54, 1.807) is 10.4 Å². The van der Waals surface area contributed by atoms with Gasteiger partial charge >= 0.3 is 0 Å². The van der Waals surface area contributed by atoms with Crippen molar-refractivity contribution >= 4 is 21.6 Å². The minimum atomic E-state index is -3.24. The van der Waals surface area contributed by atoms with Gasteiger partial charge in [0.1, 0.15) is 11.5 Å². The van der Waals surface area contributed by atoms with Crippen LogP contribution in [0.5, 0.6) is 0 Å². The van der Waals surface area contributed by atoms with Gasteiger partial charge in [-0.3, -0.25) is 0 Å². The molecule has 4 heterocycles. The highest BCUT2D eigenvalue weighted by Crippen LogP contribution is 2.37. The molecule has 28 heavy (non-hydrogen) atoms. The van der Waals surface area contributed by atoms with Crippen molar-refractivity contribution in [1.82, 2.24) is 24.6 Å². The van der Waals surface area contributed by atoms with Gasteiger partial charge in [0, 0.05) is 32.1 Å². The fourth-order valence-electron chi connectivity index (χ4n) is 3.91. The van der Waals surface area contributed by atoms with Gasteiger partial charge < -0.3 is 10.3 Å². The largest absolute Gasteiger partial charge is 0.339 e. The van der Waals surface area contributed by atoms with Crippen LogP contribution in [-0.4, -0.2) is 59.6 Å². The number of piperidine rings is 1. The van der Waals surface area contributed by atoms with Crippen molar-refractivity contribution in [2.24, 2.45) is 11.8 Å². The first kappa shape index (κ1) is 19.8. The summed E-state index contributed by atoms with van der Waals surface area (Å²) in [7, 11) is -3.24. The number of pyridine rings is 1. The summed E-state index contributed by atoms with van der Waals surface area (Å²) in [5.74, 6) is 0.663. The number of H-pyrrole nitrogens is 1. The summed E-state index contributed by atoms with van der Waals surface area (Å²) >= 11 is 6.36. The zero-order chi connectivity index (χ0) is 19.9. The second-order valence-electron chi connectivity index (χ2n) is 7.68. The SMILES string of the molecule is C[C@@H]1CN(S(=O)(=O)CC2CNC2)CC[C@@H]1c1[nH]c(-c2ccc(F)cn2)nc1Cl. The predicted octanol–water partition coefficient (Wildman–Crippen LogP) is 2.24. The summed E-state index contributed by atoms with van der Waals surface area (Å²) in [6, 6.07) is 2.87. The molecule has 0 aromatic carbocycles. The van der Waals surface area contributed by atoms with Gasteiger partial charge in [-0.25, -0.2) is 27.1 Å². The number of rotatable bonds is 5. The molecule has 2 atom stereocenters. The van der Waals surface area contributed by atoms with Crippen LogP contribution in [0.2, 0.25) is 5.15 Å². The summed E-state index contributed by atoms with van der Waals surface area (Å²) in [5.41, 5.74) is 1.30. The zero-order valence-electron chi connectivity index (χ0n) is 15.5. The molecule has 4 rings (SSSR count). The second kappa shape index (κ2) is 7.70. The number of sulfonamides is 1. The Kier molecular flexibility index (Phi) is 5.43. The molecule has 2 fully saturated rings. The molecule has 0 amide bonds. The highest BCUT2D eigenvalue weighted by atomic mass is 35.5. The van der Waals surface area contributed by atoms with E-state index < -0.39 is 15.8 Å². The molecule has 0 unspecified atom stereocenters. The van der Waals surface area contributed by atoms with Crippen LogP contribution in [0.25, 0.3) is 11.5 Å². The molecule has 2 saturated heterocycles. The van der Waals surface area contributed by atoms with Crippen LogP contribution >= 0.6 is 11.6 Å². The monoisotopic (exact) mass is 427 g/mol. The van der Waals surface area contributed by atoms with Crippen molar-refractivity contribution in [3.63, 3.8) is 0 Å². The number of nitrogens with one attached hydrogen (secondary N) is 2. The quantitative estimate of drug-likeness (QED) is 0.763. The second-order valence-corrected chi connectivity index (χ2v) is 10.1. The zero-order valence-corrected chi connectivity index (χ0v) is 17.1. The first-order valence-corrected chi connectivity index (χ1v) is 11.4. The van der Waals surface area contributed by atoms with Gasteiger partial charge in [-0.05, 0) is 30.4 Å². The lowest BCUT2D eigenvalue weighted by atomic mass is 9.86. The van der Waals surface area contributed by atoms with E-state index in [2.05, 4.69) is 20.3 Å². The lowest BCUT2D eigenvalue weighted by molar-refractivity contribution is 0.243. The van der Waals surface area contributed by atoms with Gasteiger partial charge in [-0.1, -0.05) is 18.5 Å².